The van der Waals surface area contributed by atoms with Crippen molar-refractivity contribution in [2.24, 2.45) is 13.0 Å². The van der Waals surface area contributed by atoms with Crippen molar-refractivity contribution < 1.29 is 9.53 Å². The number of ether oxygens (including phenoxy) is 1. The number of anilines is 1. The van der Waals surface area contributed by atoms with Gasteiger partial charge in [-0.05, 0) is 43.9 Å². The average molecular weight is 511 g/mol. The zero-order valence-electron chi connectivity index (χ0n) is 21.5. The van der Waals surface area contributed by atoms with Gasteiger partial charge in [-0.3, -0.25) is 9.48 Å². The number of nitrogens with zero attached hydrogens (tertiary/aromatic N) is 7. The van der Waals surface area contributed by atoms with Gasteiger partial charge in [0.2, 0.25) is 5.91 Å². The minimum Gasteiger partial charge on any atom is -0.381 e. The maximum atomic E-state index is 12.7. The lowest BCUT2D eigenvalue weighted by Gasteiger charge is -2.37. The fraction of sp³-hybridized carbons (Fsp3) is 0.393. The molecule has 0 unspecified atom stereocenters. The minimum absolute atomic E-state index is 0.0434. The Morgan fingerprint density at radius 2 is 1.89 bits per heavy atom. The van der Waals surface area contributed by atoms with E-state index in [0.717, 1.165) is 72.4 Å². The van der Waals surface area contributed by atoms with E-state index in [9.17, 15) is 10.1 Å². The molecule has 6 rings (SSSR count). The second-order valence-electron chi connectivity index (χ2n) is 10.2. The van der Waals surface area contributed by atoms with Crippen LogP contribution in [0.3, 0.4) is 0 Å². The molecule has 1 N–H and O–H groups in total. The molecule has 1 aliphatic heterocycles. The zero-order chi connectivity index (χ0) is 26.2. The summed E-state index contributed by atoms with van der Waals surface area (Å²) in [5, 5.41) is 21.6. The number of rotatable bonds is 6. The highest BCUT2D eigenvalue weighted by atomic mass is 16.5. The molecule has 4 aromatic heterocycles. The van der Waals surface area contributed by atoms with Crippen LogP contribution in [0.25, 0.3) is 27.8 Å². The summed E-state index contributed by atoms with van der Waals surface area (Å²) in [5.74, 6) is 1.10. The highest BCUT2D eigenvalue weighted by Crippen LogP contribution is 2.33. The van der Waals surface area contributed by atoms with E-state index >= 15 is 0 Å². The summed E-state index contributed by atoms with van der Waals surface area (Å²) in [4.78, 5) is 19.7. The quantitative estimate of drug-likeness (QED) is 0.424. The van der Waals surface area contributed by atoms with Crippen LogP contribution in [-0.4, -0.2) is 62.6 Å². The predicted molar refractivity (Wildman–Crippen MR) is 142 cm³/mol. The van der Waals surface area contributed by atoms with Gasteiger partial charge in [-0.1, -0.05) is 0 Å². The molecule has 1 amide bonds. The first kappa shape index (κ1) is 24.1. The lowest BCUT2D eigenvalue weighted by atomic mass is 9.88. The monoisotopic (exact) mass is 510 g/mol. The molecular weight excluding hydrogens is 480 g/mol. The number of carbonyl (C=O) groups is 1. The zero-order valence-corrected chi connectivity index (χ0v) is 21.5. The molecule has 38 heavy (non-hydrogen) atoms. The number of pyridine rings is 2. The number of methoxy groups -OCH3 is 1. The largest absolute Gasteiger partial charge is 0.381 e. The fourth-order valence-corrected chi connectivity index (χ4v) is 5.45. The molecule has 2 aliphatic rings. The summed E-state index contributed by atoms with van der Waals surface area (Å²) in [5.41, 5.74) is 4.99. The van der Waals surface area contributed by atoms with Crippen molar-refractivity contribution in [2.75, 3.05) is 25.1 Å². The summed E-state index contributed by atoms with van der Waals surface area (Å²) in [6.07, 6.45) is 12.8. The van der Waals surface area contributed by atoms with Gasteiger partial charge in [-0.15, -0.1) is 0 Å². The smallest absolute Gasteiger partial charge is 0.223 e. The molecule has 0 aromatic carbocycles. The van der Waals surface area contributed by atoms with E-state index in [1.807, 2.05) is 44.0 Å². The van der Waals surface area contributed by atoms with Gasteiger partial charge in [0.05, 0.1) is 29.6 Å². The topological polar surface area (TPSA) is 113 Å². The molecular formula is C28H30N8O2. The number of piperidine rings is 1. The number of nitriles is 1. The highest BCUT2D eigenvalue weighted by Gasteiger charge is 2.33. The van der Waals surface area contributed by atoms with Gasteiger partial charge in [0.15, 0.2) is 0 Å². The summed E-state index contributed by atoms with van der Waals surface area (Å²) >= 11 is 0. The Morgan fingerprint density at radius 1 is 1.08 bits per heavy atom. The number of hydrogen-bond acceptors (Lipinski definition) is 7. The minimum atomic E-state index is 0.0434. The second-order valence-corrected chi connectivity index (χ2v) is 10.2. The number of nitrogens with one attached hydrogen (secondary N) is 1. The Labute approximate surface area is 220 Å². The molecule has 0 spiro atoms. The van der Waals surface area contributed by atoms with Crippen LogP contribution in [0.15, 0.2) is 49.2 Å². The number of aryl methyl sites for hydroxylation is 1. The van der Waals surface area contributed by atoms with Crippen molar-refractivity contribution in [1.82, 2.24) is 29.7 Å². The van der Waals surface area contributed by atoms with Crippen LogP contribution in [-0.2, 0) is 16.6 Å². The standard InChI is InChI=1S/C28H30N8O2/c1-34-16-22(15-31-34)20-9-25(27-21(12-29)14-32-36(27)17-20)19-3-4-26(30-13-19)35-7-5-18(6-8-35)28(37)33-23-10-24(11-23)38-2/h3-4,9,13-18,23-24H,5-8,10-11H2,1-2H3,(H,33,37)/t23-,24-. The van der Waals surface area contributed by atoms with Crippen LogP contribution in [0.5, 0.6) is 0 Å². The Hall–Kier alpha value is -4.23. The molecule has 2 fully saturated rings. The first-order valence-electron chi connectivity index (χ1n) is 13.0. The van der Waals surface area contributed by atoms with Gasteiger partial charge >= 0.3 is 0 Å². The summed E-state index contributed by atoms with van der Waals surface area (Å²) < 4.78 is 8.82. The van der Waals surface area contributed by atoms with Crippen LogP contribution < -0.4 is 10.2 Å². The predicted octanol–water partition coefficient (Wildman–Crippen LogP) is 3.18. The molecule has 10 heteroatoms. The van der Waals surface area contributed by atoms with E-state index in [0.29, 0.717) is 5.56 Å². The van der Waals surface area contributed by atoms with Gasteiger partial charge in [0.25, 0.3) is 0 Å². The van der Waals surface area contributed by atoms with Crippen LogP contribution in [0, 0.1) is 17.2 Å². The number of amides is 1. The molecule has 1 aliphatic carbocycles. The average Bonchev–Trinajstić information content (AvgIpc) is 3.56. The first-order valence-corrected chi connectivity index (χ1v) is 13.0. The maximum Gasteiger partial charge on any atom is 0.223 e. The molecule has 1 saturated heterocycles. The van der Waals surface area contributed by atoms with E-state index in [1.54, 1.807) is 22.5 Å². The molecule has 194 valence electrons. The Bertz CT molecular complexity index is 1500. The first-order chi connectivity index (χ1) is 18.5. The SMILES string of the molecule is CO[C@H]1C[C@H](NC(=O)C2CCN(c3ccc(-c4cc(-c5cnn(C)c5)cn5ncc(C#N)c45)cn3)CC2)C1. The molecule has 0 atom stereocenters. The normalized spacial score (nSPS) is 19.8. The molecule has 10 nitrogen and oxygen atoms in total. The molecule has 5 heterocycles. The van der Waals surface area contributed by atoms with Crippen molar-refractivity contribution in [3.63, 3.8) is 0 Å². The lowest BCUT2D eigenvalue weighted by molar-refractivity contribution is -0.128. The molecule has 1 saturated carbocycles. The number of aromatic nitrogens is 5. The summed E-state index contributed by atoms with van der Waals surface area (Å²) in [6, 6.07) is 8.63. The van der Waals surface area contributed by atoms with E-state index < -0.39 is 0 Å². The summed E-state index contributed by atoms with van der Waals surface area (Å²) in [6.45, 7) is 1.58. The third kappa shape index (κ3) is 4.50. The maximum absolute atomic E-state index is 12.7. The van der Waals surface area contributed by atoms with Crippen LogP contribution in [0.2, 0.25) is 0 Å². The van der Waals surface area contributed by atoms with Gasteiger partial charge in [-0.2, -0.15) is 15.5 Å². The highest BCUT2D eigenvalue weighted by molar-refractivity contribution is 5.87. The van der Waals surface area contributed by atoms with Crippen LogP contribution in [0.4, 0.5) is 5.82 Å². The lowest BCUT2D eigenvalue weighted by Crippen LogP contribution is -2.50. The molecule has 4 aromatic rings. The van der Waals surface area contributed by atoms with Crippen LogP contribution in [0.1, 0.15) is 31.2 Å². The van der Waals surface area contributed by atoms with Crippen molar-refractivity contribution in [3.8, 4) is 28.3 Å². The third-order valence-electron chi connectivity index (χ3n) is 7.79. The van der Waals surface area contributed by atoms with Gasteiger partial charge in [0, 0.05) is 80.1 Å². The van der Waals surface area contributed by atoms with Gasteiger partial charge in [-0.25, -0.2) is 9.50 Å². The molecule has 0 bridgehead atoms. The number of carbonyl (C=O) groups excluding carboxylic acids is 1. The van der Waals surface area contributed by atoms with Crippen molar-refractivity contribution >= 4 is 17.2 Å². The Kier molecular flexibility index (Phi) is 6.29. The fourth-order valence-electron chi connectivity index (χ4n) is 5.45. The van der Waals surface area contributed by atoms with Gasteiger partial charge in [0.1, 0.15) is 11.9 Å². The van der Waals surface area contributed by atoms with E-state index in [-0.39, 0.29) is 24.0 Å². The summed E-state index contributed by atoms with van der Waals surface area (Å²) in [7, 11) is 3.61. The number of fused-ring (bicyclic) bond motifs is 1. The van der Waals surface area contributed by atoms with E-state index in [4.69, 9.17) is 9.72 Å². The molecule has 0 radical (unpaired) electrons. The number of hydrogen-bond donors (Lipinski definition) is 1. The Morgan fingerprint density at radius 3 is 2.55 bits per heavy atom. The van der Waals surface area contributed by atoms with Crippen LogP contribution >= 0.6 is 0 Å². The Balaban J connectivity index is 1.18. The van der Waals surface area contributed by atoms with Crippen molar-refractivity contribution in [2.45, 2.75) is 37.8 Å². The van der Waals surface area contributed by atoms with E-state index in [2.05, 4.69) is 32.5 Å². The van der Waals surface area contributed by atoms with Gasteiger partial charge < -0.3 is 15.0 Å². The third-order valence-corrected chi connectivity index (χ3v) is 7.79. The van der Waals surface area contributed by atoms with E-state index in [1.165, 1.54) is 0 Å². The second kappa shape index (κ2) is 9.91. The van der Waals surface area contributed by atoms with Crippen molar-refractivity contribution in [3.05, 3.63) is 54.7 Å². The van der Waals surface area contributed by atoms with Crippen molar-refractivity contribution in [1.29, 1.82) is 5.26 Å².